The number of nitrogens with one attached hydrogen (secondary N) is 1. The van der Waals surface area contributed by atoms with Crippen LogP contribution >= 0.6 is 55.1 Å². The number of carbonyl (C=O) groups is 4. The Bertz CT molecular complexity index is 2380. The first kappa shape index (κ1) is 38.4. The zero-order valence-electron chi connectivity index (χ0n) is 28.8. The number of hydrogen-bond acceptors (Lipinski definition) is 8. The number of hydrogen-bond donors (Lipinski definition) is 2. The van der Waals surface area contributed by atoms with Gasteiger partial charge >= 0.3 is 6.18 Å². The molecule has 1 saturated carbocycles. The third kappa shape index (κ3) is 5.83. The molecular formula is C39H27Br2Cl2F3N4O6. The Labute approximate surface area is 343 Å². The van der Waals surface area contributed by atoms with Gasteiger partial charge in [0.05, 0.1) is 51.0 Å². The first-order chi connectivity index (χ1) is 26.6. The number of ether oxygens (including phenoxy) is 1. The van der Waals surface area contributed by atoms with Gasteiger partial charge in [-0.2, -0.15) is 18.2 Å². The molecule has 4 aliphatic rings. The SMILES string of the molecule is COc1cc([C@H]2C3=CC[C@@H]4C(=O)N(c5ccc(Br)cc5)C(=O)[C@@H]4[C@@H]3C[C@H]3C(=O)N(Nc4ncc(C(F)(F)F)cc4Cl)C(=O)[C@@]23c2ccc(Cl)cc2)cc(Br)c1O. The van der Waals surface area contributed by atoms with Crippen molar-refractivity contribution in [3.8, 4) is 11.5 Å². The fourth-order valence-corrected chi connectivity index (χ4v) is 9.98. The summed E-state index contributed by atoms with van der Waals surface area (Å²) in [6, 6.07) is 16.9. The van der Waals surface area contributed by atoms with Crippen LogP contribution in [0.4, 0.5) is 24.7 Å². The van der Waals surface area contributed by atoms with Crippen LogP contribution in [0.25, 0.3) is 0 Å². The van der Waals surface area contributed by atoms with Gasteiger partial charge < -0.3 is 9.84 Å². The van der Waals surface area contributed by atoms with Crippen LogP contribution in [0.2, 0.25) is 10.0 Å². The number of aromatic hydroxyl groups is 1. The number of imide groups is 2. The van der Waals surface area contributed by atoms with Crippen LogP contribution in [0.15, 0.2) is 93.5 Å². The standard InChI is InChI=1S/C39H27Br2Cl2F3N4O6/c1-56-29-13-17(12-27(41)32(29)51)31-23-10-11-24-30(36(54)49(34(24)52)22-8-4-20(40)5-9-22)25(23)15-26-35(53)50(37(55)38(26,31)18-2-6-21(42)7-3-18)48-33-28(43)14-19(16-47-33)39(44,45)46/h2-10,12-14,16,24-26,30-31,51H,11,15H2,1H3,(H,47,48)/t24-,25+,26-,30-,31-,38+/m0/s1. The molecule has 8 rings (SSSR count). The molecule has 3 heterocycles. The molecule has 4 aromatic rings. The van der Waals surface area contributed by atoms with Crippen molar-refractivity contribution in [2.75, 3.05) is 17.4 Å². The predicted octanol–water partition coefficient (Wildman–Crippen LogP) is 8.84. The van der Waals surface area contributed by atoms with E-state index in [0.717, 1.165) is 4.47 Å². The summed E-state index contributed by atoms with van der Waals surface area (Å²) in [5.41, 5.74) is 1.51. The van der Waals surface area contributed by atoms with Gasteiger partial charge in [0, 0.05) is 21.6 Å². The summed E-state index contributed by atoms with van der Waals surface area (Å²) >= 11 is 19.4. The molecule has 2 saturated heterocycles. The number of fused-ring (bicyclic) bond motifs is 4. The average molecular weight is 935 g/mol. The Hall–Kier alpha value is -4.44. The molecule has 3 aromatic carbocycles. The molecule has 0 unspecified atom stereocenters. The van der Waals surface area contributed by atoms with E-state index < -0.39 is 75.4 Å². The van der Waals surface area contributed by atoms with Crippen LogP contribution in [0.3, 0.4) is 0 Å². The Kier molecular flexibility index (Phi) is 9.53. The van der Waals surface area contributed by atoms with Gasteiger partial charge in [-0.15, -0.1) is 0 Å². The van der Waals surface area contributed by atoms with Crippen molar-refractivity contribution in [1.82, 2.24) is 9.99 Å². The summed E-state index contributed by atoms with van der Waals surface area (Å²) < 4.78 is 47.0. The van der Waals surface area contributed by atoms with E-state index in [-0.39, 0.29) is 34.6 Å². The number of hydrazine groups is 1. The van der Waals surface area contributed by atoms with E-state index >= 15 is 4.79 Å². The number of phenolic OH excluding ortho intramolecular Hbond substituents is 1. The fourth-order valence-electron chi connectivity index (χ4n) is 8.92. The molecule has 2 aliphatic carbocycles. The lowest BCUT2D eigenvalue weighted by Gasteiger charge is -2.50. The maximum Gasteiger partial charge on any atom is 0.417 e. The van der Waals surface area contributed by atoms with Crippen molar-refractivity contribution in [1.29, 1.82) is 0 Å². The van der Waals surface area contributed by atoms with Crippen LogP contribution in [-0.2, 0) is 30.8 Å². The molecule has 2 N–H and O–H groups in total. The summed E-state index contributed by atoms with van der Waals surface area (Å²) in [4.78, 5) is 63.8. The van der Waals surface area contributed by atoms with Gasteiger partial charge in [0.25, 0.3) is 11.8 Å². The van der Waals surface area contributed by atoms with Crippen LogP contribution in [0.5, 0.6) is 11.5 Å². The van der Waals surface area contributed by atoms with Crippen molar-refractivity contribution in [2.45, 2.75) is 30.4 Å². The molecule has 56 heavy (non-hydrogen) atoms. The Morgan fingerprint density at radius 1 is 0.946 bits per heavy atom. The first-order valence-corrected chi connectivity index (χ1v) is 19.5. The second-order valence-corrected chi connectivity index (χ2v) is 16.6. The van der Waals surface area contributed by atoms with E-state index in [4.69, 9.17) is 27.9 Å². The number of amides is 4. The number of phenols is 1. The highest BCUT2D eigenvalue weighted by molar-refractivity contribution is 9.10. The Morgan fingerprint density at radius 2 is 1.64 bits per heavy atom. The maximum atomic E-state index is 15.4. The van der Waals surface area contributed by atoms with Crippen LogP contribution in [-0.4, -0.2) is 45.8 Å². The number of allylic oxidation sites excluding steroid dienone is 2. The second-order valence-electron chi connectivity index (χ2n) is 14.0. The van der Waals surface area contributed by atoms with Gasteiger partial charge in [0.2, 0.25) is 11.8 Å². The summed E-state index contributed by atoms with van der Waals surface area (Å²) in [5, 5.41) is 11.4. The molecule has 0 bridgehead atoms. The van der Waals surface area contributed by atoms with Gasteiger partial charge in [-0.3, -0.25) is 29.5 Å². The smallest absolute Gasteiger partial charge is 0.417 e. The lowest BCUT2D eigenvalue weighted by molar-refractivity contribution is -0.139. The van der Waals surface area contributed by atoms with Gasteiger partial charge in [0.1, 0.15) is 0 Å². The fraction of sp³-hybridized carbons (Fsp3) is 0.256. The summed E-state index contributed by atoms with van der Waals surface area (Å²) in [7, 11) is 1.35. The zero-order chi connectivity index (χ0) is 40.0. The van der Waals surface area contributed by atoms with Gasteiger partial charge in [-0.25, -0.2) is 4.98 Å². The quantitative estimate of drug-likeness (QED) is 0.145. The van der Waals surface area contributed by atoms with Gasteiger partial charge in [-0.05, 0) is 100 Å². The van der Waals surface area contributed by atoms with E-state index in [2.05, 4.69) is 42.3 Å². The Morgan fingerprint density at radius 3 is 2.29 bits per heavy atom. The van der Waals surface area contributed by atoms with Crippen molar-refractivity contribution < 1.29 is 42.2 Å². The number of halogens is 7. The molecule has 0 radical (unpaired) electrons. The number of methoxy groups -OCH3 is 1. The number of pyridine rings is 1. The number of alkyl halides is 3. The van der Waals surface area contributed by atoms with Crippen LogP contribution in [0, 0.1) is 23.7 Å². The lowest BCUT2D eigenvalue weighted by Crippen LogP contribution is -2.53. The van der Waals surface area contributed by atoms with E-state index in [9.17, 15) is 32.7 Å². The molecule has 17 heteroatoms. The normalized spacial score (nSPS) is 25.9. The summed E-state index contributed by atoms with van der Waals surface area (Å²) in [5.74, 6) is -7.59. The minimum absolute atomic E-state index is 0.0506. The zero-order valence-corrected chi connectivity index (χ0v) is 33.5. The van der Waals surface area contributed by atoms with Gasteiger partial charge in [-0.1, -0.05) is 62.9 Å². The third-order valence-corrected chi connectivity index (χ3v) is 12.9. The third-order valence-electron chi connectivity index (χ3n) is 11.2. The summed E-state index contributed by atoms with van der Waals surface area (Å²) in [6.07, 6.45) is -2.29. The van der Waals surface area contributed by atoms with E-state index in [1.807, 2.05) is 6.08 Å². The molecule has 0 spiro atoms. The van der Waals surface area contributed by atoms with Crippen molar-refractivity contribution >= 4 is 90.2 Å². The maximum absolute atomic E-state index is 15.4. The monoisotopic (exact) mass is 932 g/mol. The first-order valence-electron chi connectivity index (χ1n) is 17.1. The largest absolute Gasteiger partial charge is 0.503 e. The molecule has 1 aromatic heterocycles. The van der Waals surface area contributed by atoms with Crippen molar-refractivity contribution in [3.05, 3.63) is 120 Å². The molecule has 2 aliphatic heterocycles. The van der Waals surface area contributed by atoms with E-state index in [0.29, 0.717) is 44.7 Å². The second kappa shape index (κ2) is 13.9. The van der Waals surface area contributed by atoms with Gasteiger partial charge in [0.15, 0.2) is 17.3 Å². The number of benzene rings is 3. The topological polar surface area (TPSA) is 129 Å². The number of nitrogens with zero attached hydrogens (tertiary/aromatic N) is 3. The Balaban J connectivity index is 1.33. The van der Waals surface area contributed by atoms with E-state index in [1.54, 1.807) is 60.7 Å². The number of aromatic nitrogens is 1. The van der Waals surface area contributed by atoms with Crippen molar-refractivity contribution in [2.24, 2.45) is 23.7 Å². The summed E-state index contributed by atoms with van der Waals surface area (Å²) in [6.45, 7) is 0. The van der Waals surface area contributed by atoms with Crippen molar-refractivity contribution in [3.63, 3.8) is 0 Å². The predicted molar refractivity (Wildman–Crippen MR) is 206 cm³/mol. The average Bonchev–Trinajstić information content (AvgIpc) is 3.54. The molecule has 6 atom stereocenters. The number of rotatable bonds is 6. The number of anilines is 2. The lowest BCUT2D eigenvalue weighted by atomic mass is 9.49. The molecule has 4 amide bonds. The highest BCUT2D eigenvalue weighted by atomic mass is 79.9. The van der Waals surface area contributed by atoms with E-state index in [1.165, 1.54) is 12.0 Å². The highest BCUT2D eigenvalue weighted by Crippen LogP contribution is 2.65. The highest BCUT2D eigenvalue weighted by Gasteiger charge is 2.70. The molecule has 288 valence electrons. The number of carbonyl (C=O) groups excluding carboxylic acids is 4. The molecule has 3 fully saturated rings. The molecular weight excluding hydrogens is 908 g/mol. The minimum atomic E-state index is -4.76. The molecule has 10 nitrogen and oxygen atoms in total. The minimum Gasteiger partial charge on any atom is -0.503 e. The van der Waals surface area contributed by atoms with Crippen LogP contribution < -0.4 is 15.1 Å². The van der Waals surface area contributed by atoms with Crippen LogP contribution in [0.1, 0.15) is 35.4 Å².